The first-order chi connectivity index (χ1) is 20.0. The van der Waals surface area contributed by atoms with E-state index in [1.165, 1.54) is 12.1 Å². The van der Waals surface area contributed by atoms with Gasteiger partial charge in [0, 0.05) is 47.7 Å². The molecular formula is C29H27F5N6OS. The number of oxazole rings is 1. The molecule has 1 aliphatic heterocycles. The topological polar surface area (TPSA) is 81.7 Å². The SMILES string of the molecule is Cc1ccc2c(-c3nnc(SCCCC4CCc5cc6nc(C(F)(F)C(F)(F)F)oc6cc5NC4)n3C)cccc2n1. The summed E-state index contributed by atoms with van der Waals surface area (Å²) in [5.74, 6) is -4.78. The minimum Gasteiger partial charge on any atom is -0.435 e. The molecule has 0 radical (unpaired) electrons. The Morgan fingerprint density at radius 1 is 1.05 bits per heavy atom. The Bertz CT molecular complexity index is 1720. The fraction of sp³-hybridized carbons (Fsp3) is 0.379. The molecular weight excluding hydrogens is 575 g/mol. The Kier molecular flexibility index (Phi) is 7.32. The molecule has 0 fully saturated rings. The van der Waals surface area contributed by atoms with Gasteiger partial charge in [-0.1, -0.05) is 30.0 Å². The van der Waals surface area contributed by atoms with Gasteiger partial charge in [0.05, 0.1) is 5.52 Å². The molecule has 0 aliphatic carbocycles. The second-order valence-corrected chi connectivity index (χ2v) is 11.6. The Labute approximate surface area is 241 Å². The molecule has 0 saturated carbocycles. The summed E-state index contributed by atoms with van der Waals surface area (Å²) in [4.78, 5) is 8.08. The summed E-state index contributed by atoms with van der Waals surface area (Å²) >= 11 is 1.65. The number of aromatic nitrogens is 5. The van der Waals surface area contributed by atoms with Crippen LogP contribution in [0.15, 0.2) is 52.0 Å². The maximum absolute atomic E-state index is 13.7. The quantitative estimate of drug-likeness (QED) is 0.116. The van der Waals surface area contributed by atoms with E-state index in [0.717, 1.165) is 63.7 Å². The predicted molar refractivity (Wildman–Crippen MR) is 151 cm³/mol. The van der Waals surface area contributed by atoms with E-state index >= 15 is 0 Å². The van der Waals surface area contributed by atoms with E-state index in [9.17, 15) is 22.0 Å². The van der Waals surface area contributed by atoms with Gasteiger partial charge in [0.1, 0.15) is 5.52 Å². The predicted octanol–water partition coefficient (Wildman–Crippen LogP) is 7.68. The first-order valence-electron chi connectivity index (χ1n) is 13.5. The lowest BCUT2D eigenvalue weighted by Crippen LogP contribution is -2.33. The van der Waals surface area contributed by atoms with E-state index < -0.39 is 18.0 Å². The number of rotatable bonds is 7. The van der Waals surface area contributed by atoms with Gasteiger partial charge in [0.2, 0.25) is 0 Å². The van der Waals surface area contributed by atoms with Crippen molar-refractivity contribution >= 4 is 39.5 Å². The van der Waals surface area contributed by atoms with Gasteiger partial charge in [-0.2, -0.15) is 22.0 Å². The van der Waals surface area contributed by atoms with Gasteiger partial charge < -0.3 is 14.3 Å². The van der Waals surface area contributed by atoms with E-state index in [0.29, 0.717) is 24.6 Å². The third kappa shape index (κ3) is 5.30. The summed E-state index contributed by atoms with van der Waals surface area (Å²) < 4.78 is 72.5. The molecule has 6 rings (SSSR count). The highest BCUT2D eigenvalue weighted by Crippen LogP contribution is 2.44. The molecule has 0 saturated heterocycles. The van der Waals surface area contributed by atoms with Crippen LogP contribution in [-0.4, -0.2) is 43.2 Å². The van der Waals surface area contributed by atoms with Crippen LogP contribution >= 0.6 is 11.8 Å². The van der Waals surface area contributed by atoms with Crippen LogP contribution in [0.4, 0.5) is 27.6 Å². The number of anilines is 1. The average molecular weight is 603 g/mol. The normalized spacial score (nSPS) is 16.0. The van der Waals surface area contributed by atoms with Crippen LogP contribution < -0.4 is 5.32 Å². The molecule has 220 valence electrons. The number of pyridine rings is 1. The van der Waals surface area contributed by atoms with Crippen molar-refractivity contribution in [1.82, 2.24) is 24.7 Å². The smallest absolute Gasteiger partial charge is 0.435 e. The summed E-state index contributed by atoms with van der Waals surface area (Å²) in [5.41, 5.74) is 4.23. The van der Waals surface area contributed by atoms with Crippen LogP contribution in [0.25, 0.3) is 33.4 Å². The third-order valence-electron chi connectivity index (χ3n) is 7.58. The van der Waals surface area contributed by atoms with Crippen LogP contribution in [0, 0.1) is 12.8 Å². The summed E-state index contributed by atoms with van der Waals surface area (Å²) in [6.07, 6.45) is -2.37. The molecule has 0 amide bonds. The van der Waals surface area contributed by atoms with Gasteiger partial charge in [0.25, 0.3) is 5.89 Å². The van der Waals surface area contributed by atoms with Gasteiger partial charge in [-0.25, -0.2) is 4.98 Å². The van der Waals surface area contributed by atoms with Crippen LogP contribution in [0.3, 0.4) is 0 Å². The van der Waals surface area contributed by atoms with E-state index in [1.807, 2.05) is 42.8 Å². The molecule has 4 heterocycles. The minimum absolute atomic E-state index is 0.0118. The summed E-state index contributed by atoms with van der Waals surface area (Å²) in [5, 5.41) is 14.1. The van der Waals surface area contributed by atoms with Crippen LogP contribution in [-0.2, 0) is 19.4 Å². The maximum atomic E-state index is 13.7. The zero-order chi connectivity index (χ0) is 29.6. The molecule has 0 spiro atoms. The zero-order valence-corrected chi connectivity index (χ0v) is 23.6. The van der Waals surface area contributed by atoms with Crippen molar-refractivity contribution in [1.29, 1.82) is 0 Å². The molecule has 1 N–H and O–H groups in total. The van der Waals surface area contributed by atoms with E-state index in [-0.39, 0.29) is 11.1 Å². The van der Waals surface area contributed by atoms with Gasteiger partial charge in [-0.05, 0) is 62.3 Å². The van der Waals surface area contributed by atoms with Crippen LogP contribution in [0.1, 0.15) is 36.4 Å². The molecule has 5 aromatic rings. The minimum atomic E-state index is -5.78. The molecule has 7 nitrogen and oxygen atoms in total. The highest BCUT2D eigenvalue weighted by Gasteiger charge is 2.62. The maximum Gasteiger partial charge on any atom is 0.463 e. The third-order valence-corrected chi connectivity index (χ3v) is 8.68. The summed E-state index contributed by atoms with van der Waals surface area (Å²) in [6, 6.07) is 13.0. The number of hydrogen-bond donors (Lipinski definition) is 1. The van der Waals surface area contributed by atoms with Crippen molar-refractivity contribution in [2.75, 3.05) is 17.6 Å². The fourth-order valence-electron chi connectivity index (χ4n) is 5.27. The van der Waals surface area contributed by atoms with E-state index in [2.05, 4.69) is 31.5 Å². The number of nitrogens with zero attached hydrogens (tertiary/aromatic N) is 5. The first kappa shape index (κ1) is 28.4. The number of nitrogens with one attached hydrogen (secondary N) is 1. The van der Waals surface area contributed by atoms with Gasteiger partial charge in [-0.15, -0.1) is 10.2 Å². The van der Waals surface area contributed by atoms with E-state index in [1.54, 1.807) is 11.8 Å². The largest absolute Gasteiger partial charge is 0.463 e. The molecule has 2 aromatic carbocycles. The van der Waals surface area contributed by atoms with Crippen molar-refractivity contribution in [2.45, 2.75) is 49.9 Å². The number of fused-ring (bicyclic) bond motifs is 3. The van der Waals surface area contributed by atoms with Crippen molar-refractivity contribution in [3.05, 3.63) is 59.6 Å². The van der Waals surface area contributed by atoms with Gasteiger partial charge in [-0.3, -0.25) is 4.98 Å². The van der Waals surface area contributed by atoms with Crippen molar-refractivity contribution in [3.8, 4) is 11.4 Å². The number of thioether (sulfide) groups is 1. The van der Waals surface area contributed by atoms with Gasteiger partial charge >= 0.3 is 12.1 Å². The first-order valence-corrected chi connectivity index (χ1v) is 14.5. The number of alkyl halides is 5. The average Bonchev–Trinajstić information content (AvgIpc) is 3.47. The zero-order valence-electron chi connectivity index (χ0n) is 22.8. The Morgan fingerprint density at radius 3 is 2.69 bits per heavy atom. The van der Waals surface area contributed by atoms with Crippen LogP contribution in [0.2, 0.25) is 0 Å². The Morgan fingerprint density at radius 2 is 1.88 bits per heavy atom. The van der Waals surface area contributed by atoms with Crippen molar-refractivity contribution in [2.24, 2.45) is 13.0 Å². The Hall–Kier alpha value is -3.74. The lowest BCUT2D eigenvalue weighted by molar-refractivity contribution is -0.297. The second-order valence-electron chi connectivity index (χ2n) is 10.5. The molecule has 13 heteroatoms. The number of hydrogen-bond acceptors (Lipinski definition) is 7. The Balaban J connectivity index is 1.05. The van der Waals surface area contributed by atoms with Crippen LogP contribution in [0.5, 0.6) is 0 Å². The lowest BCUT2D eigenvalue weighted by Gasteiger charge is -2.15. The number of aryl methyl sites for hydroxylation is 2. The van der Waals surface area contributed by atoms with Crippen molar-refractivity contribution in [3.63, 3.8) is 0 Å². The van der Waals surface area contributed by atoms with E-state index in [4.69, 9.17) is 4.42 Å². The number of halogens is 5. The highest BCUT2D eigenvalue weighted by atomic mass is 32.2. The molecule has 1 unspecified atom stereocenters. The standard InChI is InChI=1S/C29H27F5N6OS/c1-16-8-11-19-20(6-3-7-21(19)36-16)25-38-39-27(40(25)2)42-12-4-5-17-9-10-18-13-23-24(14-22(18)35-15-17)41-26(37-23)28(30,31)29(32,33)34/h3,6-8,11,13-14,17,35H,4-5,9-10,12,15H2,1-2H3. The molecule has 1 atom stereocenters. The second kappa shape index (κ2) is 10.8. The molecule has 1 aliphatic rings. The monoisotopic (exact) mass is 602 g/mol. The summed E-state index contributed by atoms with van der Waals surface area (Å²) in [6.45, 7) is 2.62. The van der Waals surface area contributed by atoms with Gasteiger partial charge in [0.15, 0.2) is 16.6 Å². The molecule has 42 heavy (non-hydrogen) atoms. The summed E-state index contributed by atoms with van der Waals surface area (Å²) in [7, 11) is 1.96. The molecule has 0 bridgehead atoms. The lowest BCUT2D eigenvalue weighted by atomic mass is 9.97. The number of benzene rings is 2. The van der Waals surface area contributed by atoms with Crippen molar-refractivity contribution < 1.29 is 26.4 Å². The highest BCUT2D eigenvalue weighted by molar-refractivity contribution is 7.99. The molecule has 3 aromatic heterocycles. The fourth-order valence-corrected chi connectivity index (χ4v) is 6.14.